The third-order valence-electron chi connectivity index (χ3n) is 4.75. The summed E-state index contributed by atoms with van der Waals surface area (Å²) in [6, 6.07) is 22.2. The molecule has 1 heterocycles. The third kappa shape index (κ3) is 2.81. The maximum Gasteiger partial charge on any atom is 0.357 e. The van der Waals surface area contributed by atoms with Gasteiger partial charge in [-0.05, 0) is 30.3 Å². The fraction of sp³-hybridized carbons (Fsp3) is 0.136. The Morgan fingerprint density at radius 2 is 1.67 bits per heavy atom. The van der Waals surface area contributed by atoms with Crippen molar-refractivity contribution >= 4 is 11.7 Å². The Morgan fingerprint density at radius 1 is 1.00 bits per heavy atom. The average molecular weight is 363 g/mol. The topological polar surface area (TPSA) is 47.6 Å². The van der Waals surface area contributed by atoms with Gasteiger partial charge in [0.05, 0.1) is 7.11 Å². The number of nitrogens with one attached hydrogen (secondary N) is 1. The average Bonchev–Trinajstić information content (AvgIpc) is 3.04. The van der Waals surface area contributed by atoms with E-state index in [2.05, 4.69) is 5.32 Å². The van der Waals surface area contributed by atoms with Crippen molar-refractivity contribution in [2.45, 2.75) is 11.6 Å². The number of halogens is 1. The largest absolute Gasteiger partial charge is 0.468 e. The van der Waals surface area contributed by atoms with Gasteiger partial charge >= 0.3 is 5.97 Å². The second-order valence-corrected chi connectivity index (χ2v) is 6.32. The minimum absolute atomic E-state index is 0.387. The molecule has 0 saturated heterocycles. The summed E-state index contributed by atoms with van der Waals surface area (Å²) in [6.45, 7) is 0. The van der Waals surface area contributed by atoms with E-state index in [1.165, 1.54) is 19.2 Å². The lowest BCUT2D eigenvalue weighted by Gasteiger charge is -2.33. The first-order valence-electron chi connectivity index (χ1n) is 8.59. The molecule has 2 atom stereocenters. The first-order chi connectivity index (χ1) is 13.1. The summed E-state index contributed by atoms with van der Waals surface area (Å²) in [5, 5.41) is 3.40. The van der Waals surface area contributed by atoms with Crippen LogP contribution in [0.5, 0.6) is 5.75 Å². The number of rotatable bonds is 4. The maximum absolute atomic E-state index is 13.5. The molecule has 0 fully saturated rings. The number of carbonyl (C=O) groups is 1. The highest BCUT2D eigenvalue weighted by Gasteiger charge is 2.57. The van der Waals surface area contributed by atoms with E-state index in [-0.39, 0.29) is 5.82 Å². The van der Waals surface area contributed by atoms with Crippen molar-refractivity contribution in [3.05, 3.63) is 95.8 Å². The molecule has 4 rings (SSSR count). The standard InChI is InChI=1S/C22H18FNO3/c1-26-21(25)22(15-11-13-16(23)14-12-15)20(24-17-7-3-2-4-8-17)18-9-5-6-10-19(18)27-22/h2-14,20,24H,1H3/t20-,22+/m1/s1. The van der Waals surface area contributed by atoms with E-state index in [0.717, 1.165) is 11.3 Å². The SMILES string of the molecule is COC(=O)[C@@]1(c2ccc(F)cc2)Oc2ccccc2[C@H]1Nc1ccccc1. The molecule has 1 N–H and O–H groups in total. The molecule has 0 unspecified atom stereocenters. The Hall–Kier alpha value is -3.34. The number of methoxy groups -OCH3 is 1. The summed E-state index contributed by atoms with van der Waals surface area (Å²) in [6.07, 6.45) is 0. The van der Waals surface area contributed by atoms with Gasteiger partial charge in [-0.15, -0.1) is 0 Å². The molecule has 3 aromatic rings. The zero-order valence-corrected chi connectivity index (χ0v) is 14.7. The summed E-state index contributed by atoms with van der Waals surface area (Å²) in [7, 11) is 1.32. The summed E-state index contributed by atoms with van der Waals surface area (Å²) < 4.78 is 24.8. The van der Waals surface area contributed by atoms with Crippen molar-refractivity contribution in [3.8, 4) is 5.75 Å². The van der Waals surface area contributed by atoms with Gasteiger partial charge in [0, 0.05) is 16.8 Å². The van der Waals surface area contributed by atoms with Gasteiger partial charge in [0.2, 0.25) is 0 Å². The lowest BCUT2D eigenvalue weighted by molar-refractivity contribution is -0.160. The fourth-order valence-electron chi connectivity index (χ4n) is 3.50. The van der Waals surface area contributed by atoms with Crippen LogP contribution >= 0.6 is 0 Å². The smallest absolute Gasteiger partial charge is 0.357 e. The molecule has 27 heavy (non-hydrogen) atoms. The normalized spacial score (nSPS) is 20.4. The minimum Gasteiger partial charge on any atom is -0.468 e. The molecule has 0 aliphatic carbocycles. The van der Waals surface area contributed by atoms with E-state index in [0.29, 0.717) is 11.3 Å². The number of hydrogen-bond acceptors (Lipinski definition) is 4. The van der Waals surface area contributed by atoms with Crippen LogP contribution in [0, 0.1) is 5.82 Å². The van der Waals surface area contributed by atoms with Gasteiger partial charge in [-0.1, -0.05) is 48.5 Å². The number of para-hydroxylation sites is 2. The molecule has 3 aromatic carbocycles. The lowest BCUT2D eigenvalue weighted by Crippen LogP contribution is -2.46. The number of anilines is 1. The molecule has 0 amide bonds. The number of carbonyl (C=O) groups excluding carboxylic acids is 1. The van der Waals surface area contributed by atoms with Crippen molar-refractivity contribution in [1.29, 1.82) is 0 Å². The van der Waals surface area contributed by atoms with E-state index < -0.39 is 17.6 Å². The van der Waals surface area contributed by atoms with E-state index >= 15 is 0 Å². The van der Waals surface area contributed by atoms with E-state index in [1.807, 2.05) is 54.6 Å². The van der Waals surface area contributed by atoms with Gasteiger partial charge in [0.25, 0.3) is 5.60 Å². The van der Waals surface area contributed by atoms with Gasteiger partial charge in [0.15, 0.2) is 0 Å². The zero-order chi connectivity index (χ0) is 18.9. The van der Waals surface area contributed by atoms with Crippen molar-refractivity contribution in [2.24, 2.45) is 0 Å². The molecule has 0 aromatic heterocycles. The Bertz CT molecular complexity index is 959. The van der Waals surface area contributed by atoms with Gasteiger partial charge in [-0.2, -0.15) is 0 Å². The number of benzene rings is 3. The van der Waals surface area contributed by atoms with Gasteiger partial charge in [-0.3, -0.25) is 0 Å². The molecule has 5 heteroatoms. The first-order valence-corrected chi connectivity index (χ1v) is 8.59. The predicted octanol–water partition coefficient (Wildman–Crippen LogP) is 4.44. The molecule has 1 aliphatic heterocycles. The van der Waals surface area contributed by atoms with Crippen LogP contribution in [-0.4, -0.2) is 13.1 Å². The molecule has 0 saturated carbocycles. The highest BCUT2D eigenvalue weighted by atomic mass is 19.1. The van der Waals surface area contributed by atoms with Crippen LogP contribution in [-0.2, 0) is 15.1 Å². The summed E-state index contributed by atoms with van der Waals surface area (Å²) >= 11 is 0. The van der Waals surface area contributed by atoms with Gasteiger partial charge in [-0.25, -0.2) is 9.18 Å². The first kappa shape index (κ1) is 17.1. The number of ether oxygens (including phenoxy) is 2. The highest BCUT2D eigenvalue weighted by Crippen LogP contribution is 2.51. The van der Waals surface area contributed by atoms with Crippen molar-refractivity contribution in [3.63, 3.8) is 0 Å². The number of hydrogen-bond donors (Lipinski definition) is 1. The minimum atomic E-state index is -1.47. The lowest BCUT2D eigenvalue weighted by atomic mass is 9.84. The van der Waals surface area contributed by atoms with Crippen LogP contribution < -0.4 is 10.1 Å². The Labute approximate surface area is 156 Å². The van der Waals surface area contributed by atoms with Crippen molar-refractivity contribution in [2.75, 3.05) is 12.4 Å². The monoisotopic (exact) mass is 363 g/mol. The molecule has 0 spiro atoms. The Balaban J connectivity index is 1.90. The highest BCUT2D eigenvalue weighted by molar-refractivity contribution is 5.85. The van der Waals surface area contributed by atoms with Gasteiger partial charge < -0.3 is 14.8 Å². The second-order valence-electron chi connectivity index (χ2n) is 6.32. The van der Waals surface area contributed by atoms with Crippen LogP contribution in [0.2, 0.25) is 0 Å². The zero-order valence-electron chi connectivity index (χ0n) is 14.7. The molecular formula is C22H18FNO3. The summed E-state index contributed by atoms with van der Waals surface area (Å²) in [5.41, 5.74) is 0.705. The number of esters is 1. The molecule has 0 radical (unpaired) electrons. The van der Waals surface area contributed by atoms with Crippen LogP contribution in [0.1, 0.15) is 17.2 Å². The molecular weight excluding hydrogens is 345 g/mol. The third-order valence-corrected chi connectivity index (χ3v) is 4.75. The van der Waals surface area contributed by atoms with Gasteiger partial charge in [0.1, 0.15) is 17.6 Å². The summed E-state index contributed by atoms with van der Waals surface area (Å²) in [4.78, 5) is 13.0. The van der Waals surface area contributed by atoms with E-state index in [9.17, 15) is 9.18 Å². The van der Waals surface area contributed by atoms with Crippen LogP contribution in [0.4, 0.5) is 10.1 Å². The molecule has 1 aliphatic rings. The quantitative estimate of drug-likeness (QED) is 0.696. The van der Waals surface area contributed by atoms with E-state index in [1.54, 1.807) is 12.1 Å². The number of fused-ring (bicyclic) bond motifs is 1. The predicted molar refractivity (Wildman–Crippen MR) is 100.0 cm³/mol. The van der Waals surface area contributed by atoms with Crippen molar-refractivity contribution in [1.82, 2.24) is 0 Å². The second kappa shape index (κ2) is 6.76. The Morgan fingerprint density at radius 3 is 2.37 bits per heavy atom. The van der Waals surface area contributed by atoms with Crippen LogP contribution in [0.3, 0.4) is 0 Å². The maximum atomic E-state index is 13.5. The fourth-order valence-corrected chi connectivity index (χ4v) is 3.50. The molecule has 4 nitrogen and oxygen atoms in total. The van der Waals surface area contributed by atoms with Crippen molar-refractivity contribution < 1.29 is 18.7 Å². The van der Waals surface area contributed by atoms with Crippen LogP contribution in [0.15, 0.2) is 78.9 Å². The molecule has 0 bridgehead atoms. The summed E-state index contributed by atoms with van der Waals surface area (Å²) in [5.74, 6) is -0.360. The Kier molecular flexibility index (Phi) is 4.28. The molecule has 136 valence electrons. The van der Waals surface area contributed by atoms with Crippen LogP contribution in [0.25, 0.3) is 0 Å². The van der Waals surface area contributed by atoms with E-state index in [4.69, 9.17) is 9.47 Å².